The number of esters is 1. The highest BCUT2D eigenvalue weighted by molar-refractivity contribution is 6.00. The molecule has 3 aliphatic rings. The van der Waals surface area contributed by atoms with Crippen molar-refractivity contribution in [3.63, 3.8) is 0 Å². The molecular weight excluding hydrogens is 911 g/mol. The van der Waals surface area contributed by atoms with Gasteiger partial charge in [-0.2, -0.15) is 0 Å². The fourth-order valence-corrected chi connectivity index (χ4v) is 10.3. The molecule has 0 amide bonds. The van der Waals surface area contributed by atoms with Gasteiger partial charge in [0.05, 0.1) is 46.3 Å². The van der Waals surface area contributed by atoms with Crippen LogP contribution in [0, 0.1) is 33.8 Å². The molecular formula is C49H79N7O14. The summed E-state index contributed by atoms with van der Waals surface area (Å²) in [5.41, 5.74) is -1.42. The van der Waals surface area contributed by atoms with Gasteiger partial charge in [0.15, 0.2) is 12.1 Å². The number of non-ortho nitro benzene ring substituents is 1. The standard InChI is InChI=1S/C49H79N7O14/c1-14-38-49(9,62)43(60)30(5)39(51-70-47-41(58)36(53(10)11)23-28(3)67-47)27(2)25-48(8,65-13)44(31(6)40(57)32(7)45(61)68-38)69-46-42(59)37(24-29(4)66-46)54(12)21-20-34-26-55(52-50-34)22-19-33-15-17-35(18-16-33)56(63)64/h15-18,26-32,36-38,41-44,46-47,58-60,62H,14,19-25H2,1-13H3/t27-,28-,29-,30+,31+,32-,36+,37+,38-,41-,42-,43-,44-,46+,47+,48-,49-/m1/s1. The number of methoxy groups -OCH3 is 1. The second-order valence-corrected chi connectivity index (χ2v) is 20.6. The fraction of sp³-hybridized carbons (Fsp3) is 0.776. The van der Waals surface area contributed by atoms with E-state index in [4.69, 9.17) is 28.5 Å². The van der Waals surface area contributed by atoms with Gasteiger partial charge in [0.25, 0.3) is 12.0 Å². The average molecular weight is 990 g/mol. The Bertz CT molecular complexity index is 2070. The van der Waals surface area contributed by atoms with Crippen LogP contribution in [0.1, 0.15) is 99.3 Å². The van der Waals surface area contributed by atoms with Gasteiger partial charge in [-0.15, -0.1) is 5.10 Å². The van der Waals surface area contributed by atoms with Crippen LogP contribution in [0.15, 0.2) is 35.6 Å². The number of oxime groups is 1. The zero-order chi connectivity index (χ0) is 52.0. The summed E-state index contributed by atoms with van der Waals surface area (Å²) in [4.78, 5) is 48.9. The van der Waals surface area contributed by atoms with Crippen molar-refractivity contribution in [3.8, 4) is 0 Å². The van der Waals surface area contributed by atoms with E-state index in [1.165, 1.54) is 33.1 Å². The number of carbonyl (C=O) groups excluding carboxylic acids is 2. The summed E-state index contributed by atoms with van der Waals surface area (Å²) < 4.78 is 33.1. The molecule has 70 heavy (non-hydrogen) atoms. The van der Waals surface area contributed by atoms with E-state index in [0.29, 0.717) is 38.8 Å². The Morgan fingerprint density at radius 1 is 0.929 bits per heavy atom. The molecule has 4 heterocycles. The molecule has 0 saturated carbocycles. The van der Waals surface area contributed by atoms with E-state index in [9.17, 15) is 40.1 Å². The topological polar surface area (TPSA) is 263 Å². The van der Waals surface area contributed by atoms with E-state index in [2.05, 4.69) is 15.5 Å². The maximum atomic E-state index is 14.5. The number of aromatic nitrogens is 3. The Morgan fingerprint density at radius 3 is 2.14 bits per heavy atom. The summed E-state index contributed by atoms with van der Waals surface area (Å²) in [6.45, 7) is 16.2. The zero-order valence-corrected chi connectivity index (χ0v) is 43.2. The van der Waals surface area contributed by atoms with Crippen molar-refractivity contribution in [2.45, 2.75) is 186 Å². The molecule has 1 aromatic heterocycles. The zero-order valence-electron chi connectivity index (χ0n) is 43.2. The second-order valence-electron chi connectivity index (χ2n) is 20.6. The molecule has 0 unspecified atom stereocenters. The molecule has 3 saturated heterocycles. The summed E-state index contributed by atoms with van der Waals surface area (Å²) in [7, 11) is 7.07. The second kappa shape index (κ2) is 24.1. The lowest BCUT2D eigenvalue weighted by atomic mass is 9.74. The van der Waals surface area contributed by atoms with Gasteiger partial charge in [-0.05, 0) is 93.4 Å². The van der Waals surface area contributed by atoms with Crippen LogP contribution in [0.4, 0.5) is 5.69 Å². The molecule has 0 bridgehead atoms. The third-order valence-electron chi connectivity index (χ3n) is 14.9. The van der Waals surface area contributed by atoms with Gasteiger partial charge in [-0.1, -0.05) is 50.2 Å². The van der Waals surface area contributed by atoms with Gasteiger partial charge in [-0.25, -0.2) is 0 Å². The Balaban J connectivity index is 1.41. The molecule has 394 valence electrons. The van der Waals surface area contributed by atoms with Crippen LogP contribution in [0.5, 0.6) is 0 Å². The first-order valence-corrected chi connectivity index (χ1v) is 24.6. The van der Waals surface area contributed by atoms with E-state index in [1.807, 2.05) is 57.9 Å². The number of hydrogen-bond donors (Lipinski definition) is 4. The van der Waals surface area contributed by atoms with Gasteiger partial charge in [0.2, 0.25) is 0 Å². The molecule has 3 aliphatic heterocycles. The lowest BCUT2D eigenvalue weighted by Gasteiger charge is -2.47. The number of nitro groups is 1. The SMILES string of the molecule is CC[C@H]1OC(=O)[C@H](C)C(=O)[C@H](C)[C@@H](O[C@@H]2O[C@H](C)C[C@H](N(C)CCc3cn(CCc4ccc([N+](=O)[O-])cc4)nn3)[C@H]2O)[C@](C)(OC)C[C@@H](C)C(=NO[C@@H]2O[C@H](C)C[C@H](N(C)C)[C@H]2O)[C@H](C)[C@@H](O)[C@]1(C)O. The largest absolute Gasteiger partial charge is 0.459 e. The van der Waals surface area contributed by atoms with Gasteiger partial charge >= 0.3 is 5.97 Å². The minimum Gasteiger partial charge on any atom is -0.459 e. The van der Waals surface area contributed by atoms with Crippen molar-refractivity contribution in [2.75, 3.05) is 34.8 Å². The normalized spacial score (nSPS) is 37.9. The molecule has 0 aliphatic carbocycles. The van der Waals surface area contributed by atoms with E-state index in [-0.39, 0.29) is 36.4 Å². The summed E-state index contributed by atoms with van der Waals surface area (Å²) >= 11 is 0. The Hall–Kier alpha value is -4.03. The third-order valence-corrected chi connectivity index (χ3v) is 14.9. The predicted molar refractivity (Wildman–Crippen MR) is 256 cm³/mol. The van der Waals surface area contributed by atoms with Crippen molar-refractivity contribution in [1.29, 1.82) is 0 Å². The minimum absolute atomic E-state index is 0.0307. The van der Waals surface area contributed by atoms with Crippen LogP contribution in [-0.2, 0) is 57.5 Å². The molecule has 17 atom stereocenters. The highest BCUT2D eigenvalue weighted by Crippen LogP contribution is 2.39. The molecule has 5 rings (SSSR count). The van der Waals surface area contributed by atoms with E-state index >= 15 is 0 Å². The molecule has 0 radical (unpaired) electrons. The minimum atomic E-state index is -2.02. The number of Topliss-reactive ketones (excluding diaryl/α,β-unsaturated/α-hetero) is 1. The number of aryl methyl sites for hydroxylation is 2. The third kappa shape index (κ3) is 13.3. The van der Waals surface area contributed by atoms with Crippen molar-refractivity contribution >= 4 is 23.2 Å². The number of ether oxygens (including phenoxy) is 5. The number of benzene rings is 1. The molecule has 3 fully saturated rings. The molecule has 21 nitrogen and oxygen atoms in total. The number of cyclic esters (lactones) is 1. The van der Waals surface area contributed by atoms with Crippen molar-refractivity contribution in [1.82, 2.24) is 24.8 Å². The van der Waals surface area contributed by atoms with Crippen LogP contribution in [0.25, 0.3) is 0 Å². The summed E-state index contributed by atoms with van der Waals surface area (Å²) in [5, 5.41) is 71.6. The van der Waals surface area contributed by atoms with E-state index in [0.717, 1.165) is 11.3 Å². The highest BCUT2D eigenvalue weighted by Gasteiger charge is 2.52. The van der Waals surface area contributed by atoms with E-state index < -0.39 is 107 Å². The summed E-state index contributed by atoms with van der Waals surface area (Å²) in [5.74, 6) is -5.37. The number of aliphatic hydroxyl groups excluding tert-OH is 3. The van der Waals surface area contributed by atoms with Gasteiger partial charge in [0, 0.05) is 74.8 Å². The van der Waals surface area contributed by atoms with E-state index in [1.54, 1.807) is 44.5 Å². The summed E-state index contributed by atoms with van der Waals surface area (Å²) in [6.07, 6.45) is -5.17. The number of carbonyl (C=O) groups is 2. The predicted octanol–water partition coefficient (Wildman–Crippen LogP) is 3.31. The average Bonchev–Trinajstić information content (AvgIpc) is 3.78. The molecule has 2 aromatic rings. The number of nitrogens with zero attached hydrogens (tertiary/aromatic N) is 7. The van der Waals surface area contributed by atoms with Gasteiger partial charge in [-0.3, -0.25) is 24.4 Å². The highest BCUT2D eigenvalue weighted by atomic mass is 16.8. The quantitative estimate of drug-likeness (QED) is 0.0863. The molecule has 0 spiro atoms. The number of aliphatic hydroxyl groups is 4. The monoisotopic (exact) mass is 990 g/mol. The van der Waals surface area contributed by atoms with Gasteiger partial charge in [0.1, 0.15) is 29.8 Å². The Morgan fingerprint density at radius 2 is 1.54 bits per heavy atom. The molecule has 1 aromatic carbocycles. The molecule has 21 heteroatoms. The lowest BCUT2D eigenvalue weighted by Crippen LogP contribution is -2.60. The van der Waals surface area contributed by atoms with Crippen molar-refractivity contribution in [2.24, 2.45) is 28.8 Å². The maximum Gasteiger partial charge on any atom is 0.316 e. The van der Waals surface area contributed by atoms with Crippen LogP contribution in [-0.4, -0.2) is 181 Å². The van der Waals surface area contributed by atoms with Crippen LogP contribution in [0.2, 0.25) is 0 Å². The smallest absolute Gasteiger partial charge is 0.316 e. The van der Waals surface area contributed by atoms with Crippen molar-refractivity contribution < 1.29 is 63.5 Å². The maximum absolute atomic E-state index is 14.5. The fourth-order valence-electron chi connectivity index (χ4n) is 10.3. The lowest BCUT2D eigenvalue weighted by molar-refractivity contribution is -0.384. The van der Waals surface area contributed by atoms with Crippen LogP contribution >= 0.6 is 0 Å². The number of likely N-dealkylation sites (N-methyl/N-ethyl adjacent to an activating group) is 2. The summed E-state index contributed by atoms with van der Waals surface area (Å²) in [6, 6.07) is 5.65. The number of ketones is 1. The van der Waals surface area contributed by atoms with Crippen LogP contribution in [0.3, 0.4) is 0 Å². The number of rotatable bonds is 15. The van der Waals surface area contributed by atoms with Crippen LogP contribution < -0.4 is 0 Å². The Labute approximate surface area is 411 Å². The molecule has 4 N–H and O–H groups in total. The first kappa shape index (κ1) is 56.9. The number of hydrogen-bond acceptors (Lipinski definition) is 19. The first-order valence-electron chi connectivity index (χ1n) is 24.6. The first-order chi connectivity index (χ1) is 32.8. The Kier molecular flexibility index (Phi) is 19.6. The van der Waals surface area contributed by atoms with Gasteiger partial charge < -0.3 is 58.7 Å². The number of nitro benzene ring substituents is 1. The van der Waals surface area contributed by atoms with Crippen molar-refractivity contribution in [3.05, 3.63) is 51.8 Å².